The Labute approximate surface area is 110 Å². The Balaban J connectivity index is 3.30. The quantitative estimate of drug-likeness (QED) is 0.801. The van der Waals surface area contributed by atoms with Crippen LogP contribution in [0.25, 0.3) is 0 Å². The Kier molecular flexibility index (Phi) is 4.41. The van der Waals surface area contributed by atoms with Crippen LogP contribution < -0.4 is 4.31 Å². The zero-order valence-electron chi connectivity index (χ0n) is 9.22. The van der Waals surface area contributed by atoms with Gasteiger partial charge in [-0.1, -0.05) is 17.7 Å². The van der Waals surface area contributed by atoms with E-state index in [-0.39, 0.29) is 0 Å². The minimum Gasteiger partial charge on any atom is -0.279 e. The summed E-state index contributed by atoms with van der Waals surface area (Å²) in [6.07, 6.45) is 1.00. The fraction of sp³-hybridized carbons (Fsp3) is 0.300. The van der Waals surface area contributed by atoms with Crippen molar-refractivity contribution in [2.75, 3.05) is 10.6 Å². The molecule has 0 saturated carbocycles. The maximum atomic E-state index is 11.7. The van der Waals surface area contributed by atoms with Crippen LogP contribution in [0.1, 0.15) is 6.92 Å². The van der Waals surface area contributed by atoms with Gasteiger partial charge in [0.2, 0.25) is 15.3 Å². The van der Waals surface area contributed by atoms with Crippen LogP contribution in [0.2, 0.25) is 5.02 Å². The van der Waals surface area contributed by atoms with Crippen LogP contribution in [0.4, 0.5) is 5.69 Å². The average molecular weight is 296 g/mol. The number of halogens is 2. The molecule has 0 bridgehead atoms. The van der Waals surface area contributed by atoms with Gasteiger partial charge in [-0.05, 0) is 36.7 Å². The number of anilines is 1. The fourth-order valence-corrected chi connectivity index (χ4v) is 2.91. The summed E-state index contributed by atoms with van der Waals surface area (Å²) in [4.78, 5) is 11.1. The summed E-state index contributed by atoms with van der Waals surface area (Å²) < 4.78 is 24.3. The molecule has 0 saturated heterocycles. The van der Waals surface area contributed by atoms with Gasteiger partial charge in [0.1, 0.15) is 6.04 Å². The molecule has 0 aromatic heterocycles. The molecule has 0 aliphatic rings. The number of hydrogen-bond donors (Lipinski definition) is 0. The van der Waals surface area contributed by atoms with Crippen molar-refractivity contribution in [2.45, 2.75) is 13.0 Å². The summed E-state index contributed by atoms with van der Waals surface area (Å²) in [7, 11) is -3.61. The Hall–Kier alpha value is -0.780. The molecular formula is C10H11Cl2NO3S. The van der Waals surface area contributed by atoms with E-state index in [0.29, 0.717) is 10.7 Å². The second kappa shape index (κ2) is 5.25. The van der Waals surface area contributed by atoms with Gasteiger partial charge >= 0.3 is 0 Å². The summed E-state index contributed by atoms with van der Waals surface area (Å²) in [5.41, 5.74) is 0.307. The van der Waals surface area contributed by atoms with Gasteiger partial charge in [0.25, 0.3) is 0 Å². The molecule has 0 radical (unpaired) electrons. The van der Waals surface area contributed by atoms with E-state index in [2.05, 4.69) is 0 Å². The molecule has 1 atom stereocenters. The lowest BCUT2D eigenvalue weighted by Gasteiger charge is -2.26. The van der Waals surface area contributed by atoms with Crippen LogP contribution >= 0.6 is 23.2 Å². The molecule has 0 spiro atoms. The molecule has 0 fully saturated rings. The Morgan fingerprint density at radius 2 is 2.00 bits per heavy atom. The smallest absolute Gasteiger partial charge is 0.245 e. The normalized spacial score (nSPS) is 13.2. The van der Waals surface area contributed by atoms with Gasteiger partial charge in [0, 0.05) is 5.02 Å². The van der Waals surface area contributed by atoms with Crippen molar-refractivity contribution < 1.29 is 13.2 Å². The molecule has 0 amide bonds. The number of carbonyl (C=O) groups excluding carboxylic acids is 1. The maximum Gasteiger partial charge on any atom is 0.245 e. The van der Waals surface area contributed by atoms with Crippen molar-refractivity contribution in [1.29, 1.82) is 0 Å². The maximum absolute atomic E-state index is 11.7. The summed E-state index contributed by atoms with van der Waals surface area (Å²) >= 11 is 11.1. The SMILES string of the molecule is CC(C(=O)Cl)N(c1cccc(Cl)c1)S(C)(=O)=O. The second-order valence-corrected chi connectivity index (χ2v) is 6.19. The number of carbonyl (C=O) groups is 1. The third-order valence-electron chi connectivity index (χ3n) is 2.10. The van der Waals surface area contributed by atoms with E-state index in [1.165, 1.54) is 13.0 Å². The number of nitrogens with zero attached hydrogens (tertiary/aromatic N) is 1. The molecule has 1 aromatic carbocycles. The highest BCUT2D eigenvalue weighted by molar-refractivity contribution is 7.92. The molecule has 7 heteroatoms. The van der Waals surface area contributed by atoms with E-state index in [9.17, 15) is 13.2 Å². The number of hydrogen-bond acceptors (Lipinski definition) is 3. The number of sulfonamides is 1. The van der Waals surface area contributed by atoms with Crippen LogP contribution in [0.15, 0.2) is 24.3 Å². The topological polar surface area (TPSA) is 54.5 Å². The fourth-order valence-electron chi connectivity index (χ4n) is 1.41. The first-order valence-electron chi connectivity index (χ1n) is 4.68. The molecule has 94 valence electrons. The van der Waals surface area contributed by atoms with Crippen molar-refractivity contribution in [3.05, 3.63) is 29.3 Å². The van der Waals surface area contributed by atoms with Gasteiger partial charge in [-0.2, -0.15) is 0 Å². The molecule has 0 aliphatic heterocycles. The Morgan fingerprint density at radius 1 is 1.41 bits per heavy atom. The molecule has 1 unspecified atom stereocenters. The first-order valence-corrected chi connectivity index (χ1v) is 7.28. The van der Waals surface area contributed by atoms with Crippen molar-refractivity contribution in [3.63, 3.8) is 0 Å². The monoisotopic (exact) mass is 295 g/mol. The predicted octanol–water partition coefficient (Wildman–Crippen LogP) is 2.26. The molecular weight excluding hydrogens is 285 g/mol. The van der Waals surface area contributed by atoms with E-state index < -0.39 is 21.3 Å². The second-order valence-electron chi connectivity index (χ2n) is 3.52. The van der Waals surface area contributed by atoms with Gasteiger partial charge in [-0.3, -0.25) is 9.10 Å². The lowest BCUT2D eigenvalue weighted by molar-refractivity contribution is -0.112. The molecule has 1 rings (SSSR count). The lowest BCUT2D eigenvalue weighted by atomic mass is 10.3. The lowest BCUT2D eigenvalue weighted by Crippen LogP contribution is -2.41. The van der Waals surface area contributed by atoms with Crippen LogP contribution in [-0.4, -0.2) is 26.0 Å². The third kappa shape index (κ3) is 3.59. The Morgan fingerprint density at radius 3 is 2.41 bits per heavy atom. The van der Waals surface area contributed by atoms with Crippen LogP contribution in [-0.2, 0) is 14.8 Å². The highest BCUT2D eigenvalue weighted by atomic mass is 35.5. The van der Waals surface area contributed by atoms with Crippen LogP contribution in [0, 0.1) is 0 Å². The Bertz CT molecular complexity index is 530. The first-order chi connectivity index (χ1) is 7.73. The minimum atomic E-state index is -3.61. The van der Waals surface area contributed by atoms with E-state index >= 15 is 0 Å². The van der Waals surface area contributed by atoms with Gasteiger partial charge < -0.3 is 0 Å². The average Bonchev–Trinajstić information content (AvgIpc) is 2.15. The zero-order valence-corrected chi connectivity index (χ0v) is 11.6. The summed E-state index contributed by atoms with van der Waals surface area (Å²) in [6.45, 7) is 1.41. The van der Waals surface area contributed by atoms with Gasteiger partial charge in [-0.15, -0.1) is 0 Å². The third-order valence-corrected chi connectivity index (χ3v) is 3.89. The van der Waals surface area contributed by atoms with Crippen LogP contribution in [0.3, 0.4) is 0 Å². The number of rotatable bonds is 4. The summed E-state index contributed by atoms with van der Waals surface area (Å²) in [5.74, 6) is 0. The zero-order chi connectivity index (χ0) is 13.2. The molecule has 4 nitrogen and oxygen atoms in total. The highest BCUT2D eigenvalue weighted by Gasteiger charge is 2.27. The van der Waals surface area contributed by atoms with Crippen molar-refractivity contribution in [1.82, 2.24) is 0 Å². The van der Waals surface area contributed by atoms with E-state index in [0.717, 1.165) is 10.6 Å². The van der Waals surface area contributed by atoms with E-state index in [1.54, 1.807) is 18.2 Å². The van der Waals surface area contributed by atoms with Crippen molar-refractivity contribution in [2.24, 2.45) is 0 Å². The standard InChI is InChI=1S/C10H11Cl2NO3S/c1-7(10(12)14)13(17(2,15)16)9-5-3-4-8(11)6-9/h3-7H,1-2H3. The van der Waals surface area contributed by atoms with Gasteiger partial charge in [0.05, 0.1) is 11.9 Å². The molecule has 17 heavy (non-hydrogen) atoms. The van der Waals surface area contributed by atoms with Gasteiger partial charge in [-0.25, -0.2) is 8.42 Å². The molecule has 0 heterocycles. The van der Waals surface area contributed by atoms with E-state index in [4.69, 9.17) is 23.2 Å². The van der Waals surface area contributed by atoms with Crippen molar-refractivity contribution >= 4 is 44.2 Å². The van der Waals surface area contributed by atoms with Crippen molar-refractivity contribution in [3.8, 4) is 0 Å². The number of benzene rings is 1. The molecule has 0 N–H and O–H groups in total. The highest BCUT2D eigenvalue weighted by Crippen LogP contribution is 2.24. The largest absolute Gasteiger partial charge is 0.279 e. The summed E-state index contributed by atoms with van der Waals surface area (Å²) in [5, 5.41) is -0.374. The van der Waals surface area contributed by atoms with Crippen LogP contribution in [0.5, 0.6) is 0 Å². The molecule has 1 aromatic rings. The van der Waals surface area contributed by atoms with E-state index in [1.807, 2.05) is 0 Å². The summed E-state index contributed by atoms with van der Waals surface area (Å²) in [6, 6.07) is 5.23. The molecule has 0 aliphatic carbocycles. The predicted molar refractivity (Wildman–Crippen MR) is 69.1 cm³/mol. The van der Waals surface area contributed by atoms with Gasteiger partial charge in [0.15, 0.2) is 0 Å². The first kappa shape index (κ1) is 14.3. The minimum absolute atomic E-state index is 0.307.